The Morgan fingerprint density at radius 3 is 2.89 bits per heavy atom. The molecular weight excluding hydrogens is 220 g/mol. The minimum atomic E-state index is 0.723. The van der Waals surface area contributed by atoms with E-state index < -0.39 is 0 Å². The van der Waals surface area contributed by atoms with Crippen molar-refractivity contribution >= 4 is 0 Å². The van der Waals surface area contributed by atoms with Crippen molar-refractivity contribution in [3.05, 3.63) is 35.9 Å². The van der Waals surface area contributed by atoms with E-state index in [-0.39, 0.29) is 0 Å². The van der Waals surface area contributed by atoms with Gasteiger partial charge in [0.25, 0.3) is 0 Å². The smallest absolute Gasteiger partial charge is 0.0195 e. The molecule has 0 bridgehead atoms. The molecule has 0 spiro atoms. The largest absolute Gasteiger partial charge is 0.313 e. The molecule has 2 nitrogen and oxygen atoms in total. The number of piperidine rings is 1. The number of rotatable bonds is 6. The van der Waals surface area contributed by atoms with Crippen LogP contribution in [0.5, 0.6) is 0 Å². The summed E-state index contributed by atoms with van der Waals surface area (Å²) in [5, 5.41) is 3.58. The monoisotopic (exact) mass is 246 g/mol. The highest BCUT2D eigenvalue weighted by Crippen LogP contribution is 2.11. The van der Waals surface area contributed by atoms with Gasteiger partial charge in [0.2, 0.25) is 0 Å². The molecule has 0 amide bonds. The molecule has 1 unspecified atom stereocenters. The number of nitrogens with zero attached hydrogens (tertiary/aromatic N) is 1. The Bertz CT molecular complexity index is 321. The van der Waals surface area contributed by atoms with Gasteiger partial charge in [0, 0.05) is 12.6 Å². The molecule has 1 aromatic rings. The van der Waals surface area contributed by atoms with Crippen LogP contribution in [0.2, 0.25) is 0 Å². The Balaban J connectivity index is 1.67. The summed E-state index contributed by atoms with van der Waals surface area (Å²) < 4.78 is 0. The van der Waals surface area contributed by atoms with Gasteiger partial charge in [-0.05, 0) is 50.9 Å². The molecule has 1 aromatic carbocycles. The van der Waals surface area contributed by atoms with Crippen molar-refractivity contribution in [3.8, 4) is 0 Å². The van der Waals surface area contributed by atoms with Gasteiger partial charge in [-0.1, -0.05) is 37.3 Å². The van der Waals surface area contributed by atoms with Gasteiger partial charge in [0.05, 0.1) is 0 Å². The number of likely N-dealkylation sites (N-methyl/N-ethyl adjacent to an activating group) is 1. The van der Waals surface area contributed by atoms with Gasteiger partial charge in [-0.15, -0.1) is 0 Å². The molecule has 1 aliphatic rings. The van der Waals surface area contributed by atoms with Crippen molar-refractivity contribution in [1.82, 2.24) is 10.2 Å². The van der Waals surface area contributed by atoms with Gasteiger partial charge in [-0.25, -0.2) is 0 Å². The van der Waals surface area contributed by atoms with Crippen LogP contribution in [-0.2, 0) is 6.42 Å². The van der Waals surface area contributed by atoms with Gasteiger partial charge in [0.15, 0.2) is 0 Å². The van der Waals surface area contributed by atoms with Crippen LogP contribution in [0.4, 0.5) is 0 Å². The first-order valence-electron chi connectivity index (χ1n) is 7.38. The van der Waals surface area contributed by atoms with E-state index in [0.717, 1.165) is 12.6 Å². The Kier molecular flexibility index (Phi) is 5.69. The zero-order chi connectivity index (χ0) is 12.6. The molecule has 2 heteroatoms. The van der Waals surface area contributed by atoms with Gasteiger partial charge in [-0.3, -0.25) is 0 Å². The van der Waals surface area contributed by atoms with Crippen LogP contribution in [0.25, 0.3) is 0 Å². The lowest BCUT2D eigenvalue weighted by molar-refractivity contribution is 0.190. The second-order valence-electron chi connectivity index (χ2n) is 5.29. The summed E-state index contributed by atoms with van der Waals surface area (Å²) in [6.07, 6.45) is 5.19. The van der Waals surface area contributed by atoms with E-state index >= 15 is 0 Å². The lowest BCUT2D eigenvalue weighted by Crippen LogP contribution is -2.45. The maximum absolute atomic E-state index is 3.58. The molecule has 100 valence electrons. The molecule has 1 N–H and O–H groups in total. The first-order valence-corrected chi connectivity index (χ1v) is 7.38. The van der Waals surface area contributed by atoms with Crippen LogP contribution >= 0.6 is 0 Å². The van der Waals surface area contributed by atoms with Crippen LogP contribution in [0.15, 0.2) is 30.3 Å². The van der Waals surface area contributed by atoms with Crippen molar-refractivity contribution in [1.29, 1.82) is 0 Å². The molecular formula is C16H26N2. The fraction of sp³-hybridized carbons (Fsp3) is 0.625. The highest BCUT2D eigenvalue weighted by molar-refractivity contribution is 5.14. The number of benzene rings is 1. The maximum atomic E-state index is 3.58. The molecule has 0 radical (unpaired) electrons. The Morgan fingerprint density at radius 2 is 2.11 bits per heavy atom. The zero-order valence-electron chi connectivity index (χ0n) is 11.6. The summed E-state index contributed by atoms with van der Waals surface area (Å²) in [5.74, 6) is 0. The maximum Gasteiger partial charge on any atom is 0.0195 e. The third-order valence-corrected chi connectivity index (χ3v) is 3.78. The summed E-state index contributed by atoms with van der Waals surface area (Å²) in [6, 6.07) is 11.6. The molecule has 1 heterocycles. The van der Waals surface area contributed by atoms with Crippen LogP contribution in [0.3, 0.4) is 0 Å². The van der Waals surface area contributed by atoms with E-state index in [2.05, 4.69) is 47.5 Å². The Labute approximate surface area is 111 Å². The molecule has 0 saturated carbocycles. The van der Waals surface area contributed by atoms with Gasteiger partial charge in [0.1, 0.15) is 0 Å². The lowest BCUT2D eigenvalue weighted by Gasteiger charge is -2.33. The Morgan fingerprint density at radius 1 is 1.28 bits per heavy atom. The average molecular weight is 246 g/mol. The number of hydrogen-bond donors (Lipinski definition) is 1. The summed E-state index contributed by atoms with van der Waals surface area (Å²) >= 11 is 0. The van der Waals surface area contributed by atoms with Crippen molar-refractivity contribution in [2.75, 3.05) is 26.2 Å². The van der Waals surface area contributed by atoms with Gasteiger partial charge in [-0.2, -0.15) is 0 Å². The molecule has 0 aromatic heterocycles. The Hall–Kier alpha value is -0.860. The lowest BCUT2D eigenvalue weighted by atomic mass is 10.0. The summed E-state index contributed by atoms with van der Waals surface area (Å²) in [5.41, 5.74) is 1.47. The summed E-state index contributed by atoms with van der Waals surface area (Å²) in [6.45, 7) is 7.08. The van der Waals surface area contributed by atoms with E-state index in [0.29, 0.717) is 0 Å². The highest BCUT2D eigenvalue weighted by Gasteiger charge is 2.18. The third kappa shape index (κ3) is 4.43. The number of aryl methyl sites for hydroxylation is 1. The quantitative estimate of drug-likeness (QED) is 0.830. The second kappa shape index (κ2) is 7.55. The van der Waals surface area contributed by atoms with Crippen molar-refractivity contribution in [2.45, 2.75) is 38.6 Å². The van der Waals surface area contributed by atoms with Crippen molar-refractivity contribution in [3.63, 3.8) is 0 Å². The van der Waals surface area contributed by atoms with Gasteiger partial charge < -0.3 is 10.2 Å². The minimum absolute atomic E-state index is 0.723. The molecule has 18 heavy (non-hydrogen) atoms. The average Bonchev–Trinajstić information content (AvgIpc) is 2.41. The van der Waals surface area contributed by atoms with Crippen LogP contribution < -0.4 is 5.32 Å². The van der Waals surface area contributed by atoms with Crippen molar-refractivity contribution < 1.29 is 0 Å². The number of hydrogen-bond acceptors (Lipinski definition) is 2. The molecule has 0 aliphatic carbocycles. The van der Waals surface area contributed by atoms with Crippen molar-refractivity contribution in [2.24, 2.45) is 0 Å². The molecule has 1 aliphatic heterocycles. The van der Waals surface area contributed by atoms with E-state index in [1.807, 2.05) is 0 Å². The van der Waals surface area contributed by atoms with Gasteiger partial charge >= 0.3 is 0 Å². The fourth-order valence-electron chi connectivity index (χ4n) is 2.87. The van der Waals surface area contributed by atoms with Crippen LogP contribution in [0.1, 0.15) is 31.7 Å². The first-order chi connectivity index (χ1) is 8.88. The summed E-state index contributed by atoms with van der Waals surface area (Å²) in [4.78, 5) is 2.62. The van der Waals surface area contributed by atoms with Crippen LogP contribution in [0, 0.1) is 0 Å². The standard InChI is InChI=1S/C16H26N2/c1-2-17-16-11-7-13-18(14-16)12-6-10-15-8-4-3-5-9-15/h3-5,8-9,16-17H,2,6-7,10-14H2,1H3. The van der Waals surface area contributed by atoms with E-state index in [9.17, 15) is 0 Å². The predicted octanol–water partition coefficient (Wildman–Crippen LogP) is 2.69. The highest BCUT2D eigenvalue weighted by atomic mass is 15.2. The van der Waals surface area contributed by atoms with E-state index in [1.54, 1.807) is 0 Å². The topological polar surface area (TPSA) is 15.3 Å². The third-order valence-electron chi connectivity index (χ3n) is 3.78. The number of likely N-dealkylation sites (tertiary alicyclic amines) is 1. The molecule has 1 fully saturated rings. The fourth-order valence-corrected chi connectivity index (χ4v) is 2.87. The predicted molar refractivity (Wildman–Crippen MR) is 77.9 cm³/mol. The SMILES string of the molecule is CCNC1CCCN(CCCc2ccccc2)C1. The molecule has 1 atom stereocenters. The second-order valence-corrected chi connectivity index (χ2v) is 5.29. The van der Waals surface area contributed by atoms with E-state index in [4.69, 9.17) is 0 Å². The van der Waals surface area contributed by atoms with E-state index in [1.165, 1.54) is 50.9 Å². The minimum Gasteiger partial charge on any atom is -0.313 e. The first kappa shape index (κ1) is 13.6. The molecule has 2 rings (SSSR count). The molecule has 1 saturated heterocycles. The van der Waals surface area contributed by atoms with Crippen LogP contribution in [-0.4, -0.2) is 37.1 Å². The number of nitrogens with one attached hydrogen (secondary N) is 1. The summed E-state index contributed by atoms with van der Waals surface area (Å²) in [7, 11) is 0. The normalized spacial score (nSPS) is 21.1. The zero-order valence-corrected chi connectivity index (χ0v) is 11.6.